The van der Waals surface area contributed by atoms with Crippen molar-refractivity contribution in [2.45, 2.75) is 6.30 Å². The van der Waals surface area contributed by atoms with Gasteiger partial charge in [0.05, 0.1) is 0 Å². The summed E-state index contributed by atoms with van der Waals surface area (Å²) in [6.07, 6.45) is -4.79. The highest BCUT2D eigenvalue weighted by Gasteiger charge is 2.34. The fourth-order valence-electron chi connectivity index (χ4n) is 0.364. The summed E-state index contributed by atoms with van der Waals surface area (Å²) in [5.74, 6) is 0. The Morgan fingerprint density at radius 1 is 1.50 bits per heavy atom. The molecule has 10 heavy (non-hydrogen) atoms. The van der Waals surface area contributed by atoms with Crippen LogP contribution in [-0.2, 0) is 6.30 Å². The quantitative estimate of drug-likeness (QED) is 0.544. The second-order valence-electron chi connectivity index (χ2n) is 1.39. The Kier molecular flexibility index (Phi) is 1.23. The van der Waals surface area contributed by atoms with E-state index in [2.05, 4.69) is 10.4 Å². The lowest BCUT2D eigenvalue weighted by molar-refractivity contribution is -0.215. The topological polar surface area (TPSA) is 63.6 Å². The van der Waals surface area contributed by atoms with E-state index < -0.39 is 16.7 Å². The van der Waals surface area contributed by atoms with Gasteiger partial charge in [-0.15, -0.1) is 13.2 Å². The molecule has 0 spiro atoms. The van der Waals surface area contributed by atoms with Gasteiger partial charge >= 0.3 is 12.0 Å². The van der Waals surface area contributed by atoms with Crippen LogP contribution in [0, 0.1) is 0 Å². The largest absolute Gasteiger partial charge is 0.510 e. The first-order valence-corrected chi connectivity index (χ1v) is 2.09. The Bertz CT molecular complexity index is 271. The van der Waals surface area contributed by atoms with Crippen molar-refractivity contribution in [3.05, 3.63) is 10.5 Å². The molecule has 0 atom stereocenters. The van der Waals surface area contributed by atoms with E-state index in [1.807, 2.05) is 0 Å². The van der Waals surface area contributed by atoms with Crippen molar-refractivity contribution in [3.8, 4) is 0 Å². The molecular formula is C2HF3N4O. The monoisotopic (exact) mass is 154 g/mol. The molecule has 1 aromatic heterocycles. The van der Waals surface area contributed by atoms with Crippen LogP contribution in [0.25, 0.3) is 0 Å². The molecule has 0 amide bonds. The molecule has 1 aromatic rings. The molecule has 0 aliphatic heterocycles. The number of hydrogen-bond acceptors (Lipinski definition) is 3. The highest BCUT2D eigenvalue weighted by Crippen LogP contribution is 2.16. The van der Waals surface area contributed by atoms with E-state index >= 15 is 0 Å². The molecule has 0 saturated carbocycles. The Morgan fingerprint density at radius 3 is 2.30 bits per heavy atom. The second-order valence-corrected chi connectivity index (χ2v) is 1.39. The zero-order valence-electron chi connectivity index (χ0n) is 4.38. The van der Waals surface area contributed by atoms with Crippen LogP contribution in [0.1, 0.15) is 0 Å². The number of nitrogens with zero attached hydrogens (tertiary/aromatic N) is 3. The van der Waals surface area contributed by atoms with Gasteiger partial charge in [-0.1, -0.05) is 4.68 Å². The predicted molar refractivity (Wildman–Crippen MR) is 21.9 cm³/mol. The minimum absolute atomic E-state index is 0.701. The Labute approximate surface area is 51.4 Å². The van der Waals surface area contributed by atoms with E-state index in [0.29, 0.717) is 0 Å². The number of alkyl halides is 3. The highest BCUT2D eigenvalue weighted by atomic mass is 19.4. The van der Waals surface area contributed by atoms with Gasteiger partial charge in [0.15, 0.2) is 0 Å². The van der Waals surface area contributed by atoms with Crippen LogP contribution in [0.15, 0.2) is 4.79 Å². The average Bonchev–Trinajstić information content (AvgIpc) is 2.11. The zero-order chi connectivity index (χ0) is 7.78. The summed E-state index contributed by atoms with van der Waals surface area (Å²) in [6.45, 7) is 0. The van der Waals surface area contributed by atoms with Gasteiger partial charge in [-0.2, -0.15) is 0 Å². The van der Waals surface area contributed by atoms with Crippen LogP contribution < -0.4 is 5.69 Å². The van der Waals surface area contributed by atoms with E-state index in [9.17, 15) is 18.0 Å². The summed E-state index contributed by atoms with van der Waals surface area (Å²) >= 11 is 0. The van der Waals surface area contributed by atoms with E-state index in [-0.39, 0.29) is 0 Å². The number of H-pyrrole nitrogens is 1. The average molecular weight is 154 g/mol. The number of halogens is 3. The van der Waals surface area contributed by atoms with Crippen molar-refractivity contribution in [1.82, 2.24) is 20.2 Å². The third kappa shape index (κ3) is 0.993. The third-order valence-electron chi connectivity index (χ3n) is 0.712. The van der Waals surface area contributed by atoms with E-state index in [1.54, 1.807) is 0 Å². The number of hydrogen-bond donors (Lipinski definition) is 1. The van der Waals surface area contributed by atoms with Crippen molar-refractivity contribution in [2.75, 3.05) is 0 Å². The van der Waals surface area contributed by atoms with Gasteiger partial charge in [-0.25, -0.2) is 9.89 Å². The molecule has 0 aromatic carbocycles. The van der Waals surface area contributed by atoms with Crippen molar-refractivity contribution < 1.29 is 13.2 Å². The van der Waals surface area contributed by atoms with Gasteiger partial charge in [-0.3, -0.25) is 0 Å². The smallest absolute Gasteiger partial charge is 0.244 e. The van der Waals surface area contributed by atoms with Gasteiger partial charge in [-0.05, 0) is 10.4 Å². The summed E-state index contributed by atoms with van der Waals surface area (Å²) < 4.78 is 33.9. The molecule has 0 unspecified atom stereocenters. The lowest BCUT2D eigenvalue weighted by Crippen LogP contribution is -2.29. The third-order valence-corrected chi connectivity index (χ3v) is 0.712. The van der Waals surface area contributed by atoms with Gasteiger partial charge in [0.1, 0.15) is 0 Å². The predicted octanol–water partition coefficient (Wildman–Crippen LogP) is -0.557. The summed E-state index contributed by atoms with van der Waals surface area (Å²) in [7, 11) is 0. The zero-order valence-corrected chi connectivity index (χ0v) is 4.38. The number of tetrazole rings is 1. The van der Waals surface area contributed by atoms with E-state index in [1.165, 1.54) is 5.10 Å². The van der Waals surface area contributed by atoms with Crippen molar-refractivity contribution in [3.63, 3.8) is 0 Å². The fraction of sp³-hybridized carbons (Fsp3) is 0.500. The molecule has 0 saturated heterocycles. The van der Waals surface area contributed by atoms with Crippen molar-refractivity contribution in [1.29, 1.82) is 0 Å². The van der Waals surface area contributed by atoms with Crippen LogP contribution >= 0.6 is 0 Å². The molecule has 0 fully saturated rings. The minimum Gasteiger partial charge on any atom is -0.244 e. The van der Waals surface area contributed by atoms with E-state index in [0.717, 1.165) is 0 Å². The Hall–Kier alpha value is -1.34. The van der Waals surface area contributed by atoms with Crippen LogP contribution in [0.3, 0.4) is 0 Å². The van der Waals surface area contributed by atoms with Gasteiger partial charge in [0.25, 0.3) is 0 Å². The number of rotatable bonds is 0. The summed E-state index contributed by atoms with van der Waals surface area (Å²) in [6, 6.07) is 0. The Morgan fingerprint density at radius 2 is 2.10 bits per heavy atom. The standard InChI is InChI=1S/C2HF3N4O/c3-2(4,5)9-1(10)6-7-8-9/h(H,6,8,10). The molecule has 1 heterocycles. The van der Waals surface area contributed by atoms with Crippen molar-refractivity contribution in [2.24, 2.45) is 0 Å². The lowest BCUT2D eigenvalue weighted by Gasteiger charge is -1.99. The second kappa shape index (κ2) is 1.82. The molecular weight excluding hydrogens is 153 g/mol. The van der Waals surface area contributed by atoms with Crippen LogP contribution in [0.2, 0.25) is 0 Å². The normalized spacial score (nSPS) is 11.9. The van der Waals surface area contributed by atoms with Gasteiger partial charge < -0.3 is 0 Å². The van der Waals surface area contributed by atoms with Crippen LogP contribution in [0.5, 0.6) is 0 Å². The summed E-state index contributed by atoms with van der Waals surface area (Å²) in [5, 5.41) is 6.61. The molecule has 0 bridgehead atoms. The maximum absolute atomic E-state index is 11.5. The molecule has 56 valence electrons. The first-order chi connectivity index (χ1) is 4.52. The van der Waals surface area contributed by atoms with Crippen molar-refractivity contribution >= 4 is 0 Å². The molecule has 1 rings (SSSR count). The molecule has 0 aliphatic rings. The van der Waals surface area contributed by atoms with E-state index in [4.69, 9.17) is 0 Å². The molecule has 0 radical (unpaired) electrons. The number of aromatic amines is 1. The first kappa shape index (κ1) is 6.78. The molecule has 5 nitrogen and oxygen atoms in total. The number of aromatic nitrogens is 4. The maximum Gasteiger partial charge on any atom is 0.510 e. The summed E-state index contributed by atoms with van der Waals surface area (Å²) in [4.78, 5) is 10.1. The number of nitrogens with one attached hydrogen (secondary N) is 1. The Balaban J connectivity index is 3.18. The fourth-order valence-corrected chi connectivity index (χ4v) is 0.364. The lowest BCUT2D eigenvalue weighted by atomic mass is 11.0. The maximum atomic E-state index is 11.5. The van der Waals surface area contributed by atoms with Gasteiger partial charge in [0.2, 0.25) is 0 Å². The highest BCUT2D eigenvalue weighted by molar-refractivity contribution is 4.53. The van der Waals surface area contributed by atoms with Crippen LogP contribution in [0.4, 0.5) is 13.2 Å². The molecule has 0 aliphatic carbocycles. The molecule has 1 N–H and O–H groups in total. The van der Waals surface area contributed by atoms with Gasteiger partial charge in [0, 0.05) is 0 Å². The van der Waals surface area contributed by atoms with Crippen LogP contribution in [-0.4, -0.2) is 20.2 Å². The molecule has 8 heteroatoms. The summed E-state index contributed by atoms with van der Waals surface area (Å²) in [5.41, 5.74) is -1.40. The SMILES string of the molecule is O=c1[nH]nnn1C(F)(F)F. The first-order valence-electron chi connectivity index (χ1n) is 2.09. The minimum atomic E-state index is -4.79.